The van der Waals surface area contributed by atoms with Crippen molar-refractivity contribution in [1.82, 2.24) is 10.6 Å². The minimum absolute atomic E-state index is 0.0242. The number of hydrogen-bond acceptors (Lipinski definition) is 6. The van der Waals surface area contributed by atoms with Crippen molar-refractivity contribution < 1.29 is 14.9 Å². The van der Waals surface area contributed by atoms with E-state index < -0.39 is 18.3 Å². The Hall–Kier alpha value is -0.340. The molecule has 17 heavy (non-hydrogen) atoms. The van der Waals surface area contributed by atoms with E-state index in [0.717, 1.165) is 5.17 Å². The molecule has 2 heterocycles. The molecule has 0 aromatic heterocycles. The molecule has 2 rings (SSSR count). The van der Waals surface area contributed by atoms with Gasteiger partial charge < -0.3 is 25.6 Å². The van der Waals surface area contributed by atoms with Crippen LogP contribution in [0.5, 0.6) is 0 Å². The van der Waals surface area contributed by atoms with Crippen molar-refractivity contribution in [1.29, 1.82) is 0 Å². The number of rotatable bonds is 2. The molecule has 0 amide bonds. The lowest BCUT2D eigenvalue weighted by Crippen LogP contribution is -2.62. The van der Waals surface area contributed by atoms with E-state index in [9.17, 15) is 10.2 Å². The first-order valence-electron chi connectivity index (χ1n) is 5.67. The van der Waals surface area contributed by atoms with Crippen molar-refractivity contribution in [2.45, 2.75) is 42.8 Å². The monoisotopic (exact) mass is 261 g/mol. The number of fused-ring (bicyclic) bond motifs is 1. The Morgan fingerprint density at radius 2 is 2.18 bits per heavy atom. The summed E-state index contributed by atoms with van der Waals surface area (Å²) >= 11 is 1.45. The molecule has 6 unspecified atom stereocenters. The zero-order chi connectivity index (χ0) is 12.6. The van der Waals surface area contributed by atoms with Crippen molar-refractivity contribution in [2.24, 2.45) is 4.99 Å². The van der Waals surface area contributed by atoms with Crippen molar-refractivity contribution in [3.63, 3.8) is 0 Å². The van der Waals surface area contributed by atoms with Gasteiger partial charge in [-0.1, -0.05) is 11.8 Å². The second-order valence-electron chi connectivity index (χ2n) is 4.34. The van der Waals surface area contributed by atoms with Gasteiger partial charge in [-0.2, -0.15) is 0 Å². The number of nitrogens with zero attached hydrogens (tertiary/aromatic N) is 1. The first-order chi connectivity index (χ1) is 8.08. The Morgan fingerprint density at radius 3 is 2.76 bits per heavy atom. The normalized spacial score (nSPS) is 45.5. The van der Waals surface area contributed by atoms with Crippen LogP contribution in [0, 0.1) is 0 Å². The predicted octanol–water partition coefficient (Wildman–Crippen LogP) is -1.27. The fraction of sp³-hybridized carbons (Fsp3) is 0.900. The van der Waals surface area contributed by atoms with Crippen LogP contribution in [0.25, 0.3) is 0 Å². The third kappa shape index (κ3) is 2.30. The van der Waals surface area contributed by atoms with Gasteiger partial charge in [0.05, 0.1) is 6.04 Å². The Kier molecular flexibility index (Phi) is 3.94. The first-order valence-corrected chi connectivity index (χ1v) is 6.55. The van der Waals surface area contributed by atoms with Crippen molar-refractivity contribution in [3.8, 4) is 0 Å². The van der Waals surface area contributed by atoms with Crippen LogP contribution in [0.3, 0.4) is 0 Å². The summed E-state index contributed by atoms with van der Waals surface area (Å²) in [6.07, 6.45) is -2.16. The molecule has 2 aliphatic heterocycles. The number of aliphatic imine (C=N–C) groups is 1. The lowest BCUT2D eigenvalue weighted by Gasteiger charge is -2.41. The average Bonchev–Trinajstić information content (AvgIpc) is 2.76. The topological polar surface area (TPSA) is 86.1 Å². The maximum atomic E-state index is 10.1. The van der Waals surface area contributed by atoms with Gasteiger partial charge in [-0.25, -0.2) is 0 Å². The van der Waals surface area contributed by atoms with Gasteiger partial charge in [0, 0.05) is 13.1 Å². The summed E-state index contributed by atoms with van der Waals surface area (Å²) in [5, 5.41) is 27.0. The van der Waals surface area contributed by atoms with Gasteiger partial charge in [-0.05, 0) is 14.0 Å². The smallest absolute Gasteiger partial charge is 0.159 e. The van der Waals surface area contributed by atoms with Gasteiger partial charge >= 0.3 is 0 Å². The molecule has 4 N–H and O–H groups in total. The number of thioether (sulfide) groups is 1. The lowest BCUT2D eigenvalue weighted by molar-refractivity contribution is -0.163. The number of nitrogens with one attached hydrogen (secondary N) is 2. The highest BCUT2D eigenvalue weighted by atomic mass is 32.2. The second-order valence-corrected chi connectivity index (χ2v) is 5.43. The Morgan fingerprint density at radius 1 is 1.47 bits per heavy atom. The summed E-state index contributed by atoms with van der Waals surface area (Å²) in [6.45, 7) is 1.92. The predicted molar refractivity (Wildman–Crippen MR) is 67.1 cm³/mol. The largest absolute Gasteiger partial charge is 0.388 e. The zero-order valence-corrected chi connectivity index (χ0v) is 10.9. The van der Waals surface area contributed by atoms with E-state index in [0.29, 0.717) is 0 Å². The highest BCUT2D eigenvalue weighted by Crippen LogP contribution is 2.34. The van der Waals surface area contributed by atoms with Crippen molar-refractivity contribution >= 4 is 16.9 Å². The number of aliphatic hydroxyl groups is 2. The molecule has 0 aromatic carbocycles. The molecule has 2 fully saturated rings. The Labute approximate surface area is 105 Å². The molecule has 0 saturated carbocycles. The number of aliphatic hydroxyl groups excluding tert-OH is 2. The quantitative estimate of drug-likeness (QED) is 0.496. The highest BCUT2D eigenvalue weighted by molar-refractivity contribution is 8.14. The maximum Gasteiger partial charge on any atom is 0.159 e. The molecular weight excluding hydrogens is 242 g/mol. The second kappa shape index (κ2) is 5.11. The van der Waals surface area contributed by atoms with Crippen molar-refractivity contribution in [3.05, 3.63) is 0 Å². The molecule has 7 heteroatoms. The Bertz CT molecular complexity index is 315. The molecule has 0 bridgehead atoms. The van der Waals surface area contributed by atoms with Gasteiger partial charge in [0.1, 0.15) is 23.7 Å². The maximum absolute atomic E-state index is 10.1. The standard InChI is InChI=1S/C10H19N3O3S/c1-4(11-2)8-7(15)6(14)5-9(16-8)17-10(12-3)13-5/h4-9,11,14-15H,1-3H3,(H,12,13). The average molecular weight is 261 g/mol. The molecule has 0 spiro atoms. The molecule has 2 saturated heterocycles. The number of likely N-dealkylation sites (N-methyl/N-ethyl adjacent to an activating group) is 1. The van der Waals surface area contributed by atoms with Crippen LogP contribution in [0.4, 0.5) is 0 Å². The van der Waals surface area contributed by atoms with E-state index in [1.807, 2.05) is 6.92 Å². The van der Waals surface area contributed by atoms with Gasteiger partial charge in [-0.3, -0.25) is 4.99 Å². The van der Waals surface area contributed by atoms with Crippen LogP contribution in [-0.4, -0.2) is 65.3 Å². The third-order valence-electron chi connectivity index (χ3n) is 3.31. The molecule has 98 valence electrons. The van der Waals surface area contributed by atoms with Gasteiger partial charge in [0.2, 0.25) is 0 Å². The summed E-state index contributed by atoms with van der Waals surface area (Å²) in [7, 11) is 3.49. The third-order valence-corrected chi connectivity index (χ3v) is 4.47. The Balaban J connectivity index is 2.13. The van der Waals surface area contributed by atoms with E-state index in [1.165, 1.54) is 11.8 Å². The van der Waals surface area contributed by atoms with Crippen LogP contribution in [0.2, 0.25) is 0 Å². The van der Waals surface area contributed by atoms with E-state index in [-0.39, 0.29) is 17.5 Å². The van der Waals surface area contributed by atoms with E-state index >= 15 is 0 Å². The summed E-state index contributed by atoms with van der Waals surface area (Å²) in [5.41, 5.74) is -0.201. The summed E-state index contributed by atoms with van der Waals surface area (Å²) in [4.78, 5) is 4.04. The van der Waals surface area contributed by atoms with Crippen LogP contribution in [0.15, 0.2) is 4.99 Å². The summed E-state index contributed by atoms with van der Waals surface area (Å²) in [6, 6.07) is -0.321. The summed E-state index contributed by atoms with van der Waals surface area (Å²) < 4.78 is 5.82. The summed E-state index contributed by atoms with van der Waals surface area (Å²) in [5.74, 6) is 0. The fourth-order valence-corrected chi connectivity index (χ4v) is 3.21. The highest BCUT2D eigenvalue weighted by Gasteiger charge is 2.49. The van der Waals surface area contributed by atoms with Gasteiger partial charge in [-0.15, -0.1) is 0 Å². The van der Waals surface area contributed by atoms with Gasteiger partial charge in [0.25, 0.3) is 0 Å². The number of amidine groups is 1. The SMILES string of the molecule is CN=C1NC2C(OC(C(C)NC)C(O)C2O)S1. The van der Waals surface area contributed by atoms with Crippen LogP contribution in [-0.2, 0) is 4.74 Å². The molecule has 6 atom stereocenters. The van der Waals surface area contributed by atoms with Crippen molar-refractivity contribution in [2.75, 3.05) is 14.1 Å². The fourth-order valence-electron chi connectivity index (χ4n) is 2.12. The van der Waals surface area contributed by atoms with Gasteiger partial charge in [0.15, 0.2) is 5.17 Å². The molecule has 0 aliphatic carbocycles. The van der Waals surface area contributed by atoms with Crippen LogP contribution >= 0.6 is 11.8 Å². The molecule has 0 aromatic rings. The number of hydrogen-bond donors (Lipinski definition) is 4. The van der Waals surface area contributed by atoms with E-state index in [4.69, 9.17) is 4.74 Å². The molecule has 0 radical (unpaired) electrons. The molecule has 6 nitrogen and oxygen atoms in total. The minimum Gasteiger partial charge on any atom is -0.388 e. The minimum atomic E-state index is -0.900. The number of ether oxygens (including phenoxy) is 1. The first kappa shape index (κ1) is 13.1. The zero-order valence-electron chi connectivity index (χ0n) is 10.1. The van der Waals surface area contributed by atoms with Crippen LogP contribution < -0.4 is 10.6 Å². The van der Waals surface area contributed by atoms with Crippen LogP contribution in [0.1, 0.15) is 6.92 Å². The van der Waals surface area contributed by atoms with E-state index in [1.54, 1.807) is 14.1 Å². The lowest BCUT2D eigenvalue weighted by atomic mass is 9.94. The van der Waals surface area contributed by atoms with E-state index in [2.05, 4.69) is 15.6 Å². The molecular formula is C10H19N3O3S. The molecule has 2 aliphatic rings.